The van der Waals surface area contributed by atoms with Crippen molar-refractivity contribution < 1.29 is 4.79 Å². The van der Waals surface area contributed by atoms with Gasteiger partial charge in [0, 0.05) is 11.4 Å². The normalized spacial score (nSPS) is 11.3. The highest BCUT2D eigenvalue weighted by Crippen LogP contribution is 2.30. The second-order valence-corrected chi connectivity index (χ2v) is 8.83. The Hall–Kier alpha value is -1.89. The summed E-state index contributed by atoms with van der Waals surface area (Å²) in [7, 11) is 4.11. The van der Waals surface area contributed by atoms with Crippen LogP contribution in [0.25, 0.3) is 10.2 Å². The van der Waals surface area contributed by atoms with Gasteiger partial charge >= 0.3 is 0 Å². The molecule has 3 rings (SSSR count). The molecule has 0 atom stereocenters. The molecule has 0 saturated heterocycles. The lowest BCUT2D eigenvalue weighted by molar-refractivity contribution is -0.116. The number of benzene rings is 2. The molecule has 0 saturated carbocycles. The monoisotopic (exact) mass is 399 g/mol. The average Bonchev–Trinajstić information content (AvgIpc) is 3.06. The number of thioether (sulfide) groups is 1. The fourth-order valence-electron chi connectivity index (χ4n) is 2.75. The molecule has 0 radical (unpaired) electrons. The van der Waals surface area contributed by atoms with E-state index in [2.05, 4.69) is 38.1 Å². The van der Waals surface area contributed by atoms with E-state index in [0.717, 1.165) is 33.2 Å². The van der Waals surface area contributed by atoms with E-state index >= 15 is 0 Å². The Kier molecular flexibility index (Phi) is 6.88. The highest BCUT2D eigenvalue weighted by Gasteiger charge is 2.20. The third-order valence-electron chi connectivity index (χ3n) is 4.16. The van der Waals surface area contributed by atoms with Crippen LogP contribution in [0.5, 0.6) is 0 Å². The van der Waals surface area contributed by atoms with Gasteiger partial charge in [0.1, 0.15) is 0 Å². The van der Waals surface area contributed by atoms with Gasteiger partial charge in [0.15, 0.2) is 5.13 Å². The van der Waals surface area contributed by atoms with Gasteiger partial charge in [-0.25, -0.2) is 4.98 Å². The van der Waals surface area contributed by atoms with Gasteiger partial charge < -0.3 is 4.90 Å². The first-order valence-electron chi connectivity index (χ1n) is 9.03. The lowest BCUT2D eigenvalue weighted by Gasteiger charge is -2.21. The van der Waals surface area contributed by atoms with E-state index < -0.39 is 0 Å². The Labute approximate surface area is 169 Å². The fourth-order valence-corrected chi connectivity index (χ4v) is 4.65. The molecule has 0 fully saturated rings. The lowest BCUT2D eigenvalue weighted by Crippen LogP contribution is -2.34. The summed E-state index contributed by atoms with van der Waals surface area (Å²) < 4.78 is 1.13. The van der Waals surface area contributed by atoms with Crippen LogP contribution in [0.4, 0.5) is 5.13 Å². The minimum absolute atomic E-state index is 0.110. The number of rotatable bonds is 8. The molecule has 1 aromatic heterocycles. The Balaban J connectivity index is 1.77. The quantitative estimate of drug-likeness (QED) is 0.515. The average molecular weight is 400 g/mol. The number of aryl methyl sites for hydroxylation is 1. The predicted molar refractivity (Wildman–Crippen MR) is 117 cm³/mol. The van der Waals surface area contributed by atoms with Crippen molar-refractivity contribution in [1.82, 2.24) is 9.88 Å². The molecule has 0 bridgehead atoms. The van der Waals surface area contributed by atoms with Crippen LogP contribution in [-0.2, 0) is 4.79 Å². The number of hydrogen-bond donors (Lipinski definition) is 0. The molecule has 0 aliphatic rings. The smallest absolute Gasteiger partial charge is 0.239 e. The van der Waals surface area contributed by atoms with Crippen LogP contribution in [0.15, 0.2) is 53.4 Å². The van der Waals surface area contributed by atoms with Crippen molar-refractivity contribution in [2.24, 2.45) is 0 Å². The summed E-state index contributed by atoms with van der Waals surface area (Å²) in [6.07, 6.45) is 0.920. The molecule has 0 N–H and O–H groups in total. The van der Waals surface area contributed by atoms with Crippen molar-refractivity contribution in [3.63, 3.8) is 0 Å². The van der Waals surface area contributed by atoms with E-state index in [1.54, 1.807) is 23.1 Å². The molecule has 4 nitrogen and oxygen atoms in total. The number of amides is 1. The van der Waals surface area contributed by atoms with E-state index in [9.17, 15) is 4.79 Å². The maximum absolute atomic E-state index is 13.0. The molecule has 0 unspecified atom stereocenters. The Morgan fingerprint density at radius 3 is 2.63 bits per heavy atom. The van der Waals surface area contributed by atoms with E-state index in [1.807, 2.05) is 41.3 Å². The van der Waals surface area contributed by atoms with E-state index in [0.29, 0.717) is 12.3 Å². The predicted octanol–water partition coefficient (Wildman–Crippen LogP) is 4.68. The molecule has 2 aromatic carbocycles. The lowest BCUT2D eigenvalue weighted by atomic mass is 10.2. The van der Waals surface area contributed by atoms with Gasteiger partial charge in [-0.1, -0.05) is 35.6 Å². The first kappa shape index (κ1) is 19.9. The minimum Gasteiger partial charge on any atom is -0.309 e. The molecular formula is C21H25N3OS2. The molecule has 27 heavy (non-hydrogen) atoms. The van der Waals surface area contributed by atoms with Gasteiger partial charge in [-0.2, -0.15) is 0 Å². The topological polar surface area (TPSA) is 36.4 Å². The number of fused-ring (bicyclic) bond motifs is 1. The van der Waals surface area contributed by atoms with Crippen molar-refractivity contribution in [3.8, 4) is 0 Å². The Bertz CT molecular complexity index is 893. The molecule has 142 valence electrons. The van der Waals surface area contributed by atoms with Gasteiger partial charge in [-0.3, -0.25) is 9.69 Å². The molecule has 0 spiro atoms. The van der Waals surface area contributed by atoms with Gasteiger partial charge in [-0.05, 0) is 63.8 Å². The summed E-state index contributed by atoms with van der Waals surface area (Å²) >= 11 is 3.18. The van der Waals surface area contributed by atoms with Crippen molar-refractivity contribution in [2.45, 2.75) is 18.2 Å². The number of aromatic nitrogens is 1. The summed E-state index contributed by atoms with van der Waals surface area (Å²) in [5, 5.41) is 0.799. The number of nitrogens with zero attached hydrogens (tertiary/aromatic N) is 3. The number of anilines is 1. The summed E-state index contributed by atoms with van der Waals surface area (Å²) in [6, 6.07) is 16.3. The Morgan fingerprint density at radius 1 is 1.11 bits per heavy atom. The second kappa shape index (κ2) is 9.35. The first-order valence-corrected chi connectivity index (χ1v) is 10.8. The summed E-state index contributed by atoms with van der Waals surface area (Å²) in [5.74, 6) is 0.527. The SMILES string of the molecule is Cc1ccc2nc(N(CCCN(C)C)C(=O)CSc3ccccc3)sc2c1. The molecule has 0 aliphatic heterocycles. The zero-order chi connectivity index (χ0) is 19.2. The van der Waals surface area contributed by atoms with Crippen molar-refractivity contribution in [2.75, 3.05) is 37.8 Å². The zero-order valence-electron chi connectivity index (χ0n) is 16.0. The molecule has 3 aromatic rings. The highest BCUT2D eigenvalue weighted by atomic mass is 32.2. The van der Waals surface area contributed by atoms with Crippen molar-refractivity contribution in [3.05, 3.63) is 54.1 Å². The molecule has 1 amide bonds. The number of carbonyl (C=O) groups is 1. The molecular weight excluding hydrogens is 374 g/mol. The highest BCUT2D eigenvalue weighted by molar-refractivity contribution is 8.00. The third kappa shape index (κ3) is 5.54. The van der Waals surface area contributed by atoms with E-state index in [-0.39, 0.29) is 5.91 Å². The second-order valence-electron chi connectivity index (χ2n) is 6.77. The van der Waals surface area contributed by atoms with Crippen LogP contribution < -0.4 is 4.90 Å². The largest absolute Gasteiger partial charge is 0.309 e. The fraction of sp³-hybridized carbons (Fsp3) is 0.333. The maximum atomic E-state index is 13.0. The number of hydrogen-bond acceptors (Lipinski definition) is 5. The summed E-state index contributed by atoms with van der Waals surface area (Å²) in [5.41, 5.74) is 2.17. The van der Waals surface area contributed by atoms with Crippen LogP contribution in [0.2, 0.25) is 0 Å². The van der Waals surface area contributed by atoms with Crippen LogP contribution in [0.3, 0.4) is 0 Å². The summed E-state index contributed by atoms with van der Waals surface area (Å²) in [4.78, 5) is 22.8. The third-order valence-corrected chi connectivity index (χ3v) is 6.20. The zero-order valence-corrected chi connectivity index (χ0v) is 17.6. The first-order chi connectivity index (χ1) is 13.0. The van der Waals surface area contributed by atoms with Crippen LogP contribution in [-0.4, -0.2) is 48.7 Å². The van der Waals surface area contributed by atoms with Gasteiger partial charge in [0.05, 0.1) is 16.0 Å². The van der Waals surface area contributed by atoms with E-state index in [4.69, 9.17) is 4.98 Å². The molecule has 6 heteroatoms. The number of thiazole rings is 1. The van der Waals surface area contributed by atoms with Crippen molar-refractivity contribution >= 4 is 44.4 Å². The Morgan fingerprint density at radius 2 is 1.89 bits per heavy atom. The van der Waals surface area contributed by atoms with E-state index in [1.165, 1.54) is 5.56 Å². The van der Waals surface area contributed by atoms with Gasteiger partial charge in [-0.15, -0.1) is 11.8 Å². The minimum atomic E-state index is 0.110. The molecule has 0 aliphatic carbocycles. The van der Waals surface area contributed by atoms with Crippen LogP contribution in [0, 0.1) is 6.92 Å². The molecule has 1 heterocycles. The number of carbonyl (C=O) groups excluding carboxylic acids is 1. The standard InChI is InChI=1S/C21H25N3OS2/c1-16-10-11-18-19(14-16)27-21(22-18)24(13-7-12-23(2)3)20(25)15-26-17-8-5-4-6-9-17/h4-6,8-11,14H,7,12-13,15H2,1-3H3. The summed E-state index contributed by atoms with van der Waals surface area (Å²) in [6.45, 7) is 3.71. The maximum Gasteiger partial charge on any atom is 0.239 e. The van der Waals surface area contributed by atoms with Gasteiger partial charge in [0.2, 0.25) is 5.91 Å². The van der Waals surface area contributed by atoms with Crippen molar-refractivity contribution in [1.29, 1.82) is 0 Å². The van der Waals surface area contributed by atoms with Crippen LogP contribution in [0.1, 0.15) is 12.0 Å². The van der Waals surface area contributed by atoms with Gasteiger partial charge in [0.25, 0.3) is 0 Å². The van der Waals surface area contributed by atoms with Crippen LogP contribution >= 0.6 is 23.1 Å².